The van der Waals surface area contributed by atoms with E-state index in [0.29, 0.717) is 0 Å². The molecule has 0 amide bonds. The zero-order valence-electron chi connectivity index (χ0n) is 10.5. The van der Waals surface area contributed by atoms with Crippen molar-refractivity contribution in [3.63, 3.8) is 0 Å². The fourth-order valence-corrected chi connectivity index (χ4v) is 3.13. The standard InChI is InChI=1S/C16H12O4/c17-7-8-1-3-10-12(5-8)15-13-6-9(16(18)19)2-4-11(13)14(10)20-15/h1-6,14-15,17H,7H2,(H,18,19)/t14-,15-/m1/s1. The summed E-state index contributed by atoms with van der Waals surface area (Å²) in [7, 11) is 0. The van der Waals surface area contributed by atoms with Crippen molar-refractivity contribution in [1.29, 1.82) is 0 Å². The summed E-state index contributed by atoms with van der Waals surface area (Å²) in [5.41, 5.74) is 5.25. The maximum Gasteiger partial charge on any atom is 0.335 e. The molecule has 0 fully saturated rings. The van der Waals surface area contributed by atoms with Crippen LogP contribution in [0.2, 0.25) is 0 Å². The van der Waals surface area contributed by atoms with Gasteiger partial charge in [0.15, 0.2) is 0 Å². The number of hydrogen-bond acceptors (Lipinski definition) is 3. The SMILES string of the molecule is O=C(O)c1ccc2c(c1)[C@@H]1O[C@@H]2c2ccc(CO)cc21. The molecule has 0 saturated carbocycles. The molecule has 2 N–H and O–H groups in total. The highest BCUT2D eigenvalue weighted by Crippen LogP contribution is 2.54. The van der Waals surface area contributed by atoms with Gasteiger partial charge in [-0.3, -0.25) is 0 Å². The van der Waals surface area contributed by atoms with Crippen LogP contribution in [0, 0.1) is 0 Å². The number of rotatable bonds is 2. The summed E-state index contributed by atoms with van der Waals surface area (Å²) < 4.78 is 5.97. The van der Waals surface area contributed by atoms with Crippen LogP contribution in [0.15, 0.2) is 36.4 Å². The summed E-state index contributed by atoms with van der Waals surface area (Å²) >= 11 is 0. The molecule has 0 aromatic heterocycles. The predicted octanol–water partition coefficient (Wildman–Crippen LogP) is 2.40. The van der Waals surface area contributed by atoms with Crippen LogP contribution in [-0.2, 0) is 11.3 Å². The van der Waals surface area contributed by atoms with E-state index in [2.05, 4.69) is 0 Å². The molecular formula is C16H12O4. The molecule has 2 aromatic carbocycles. The van der Waals surface area contributed by atoms with E-state index in [-0.39, 0.29) is 24.4 Å². The van der Waals surface area contributed by atoms with Gasteiger partial charge in [0.2, 0.25) is 0 Å². The van der Waals surface area contributed by atoms with Crippen LogP contribution >= 0.6 is 0 Å². The molecule has 0 unspecified atom stereocenters. The molecule has 0 aliphatic carbocycles. The lowest BCUT2D eigenvalue weighted by molar-refractivity contribution is 0.0696. The molecule has 100 valence electrons. The first-order chi connectivity index (χ1) is 9.69. The highest BCUT2D eigenvalue weighted by atomic mass is 16.5. The second-order valence-corrected chi connectivity index (χ2v) is 5.17. The van der Waals surface area contributed by atoms with Gasteiger partial charge in [-0.1, -0.05) is 24.3 Å². The van der Waals surface area contributed by atoms with Gasteiger partial charge in [0, 0.05) is 0 Å². The van der Waals surface area contributed by atoms with E-state index >= 15 is 0 Å². The number of fused-ring (bicyclic) bond motifs is 8. The number of hydrogen-bond donors (Lipinski definition) is 2. The van der Waals surface area contributed by atoms with Crippen molar-refractivity contribution in [2.24, 2.45) is 0 Å². The average molecular weight is 268 g/mol. The van der Waals surface area contributed by atoms with Gasteiger partial charge in [-0.25, -0.2) is 4.79 Å². The number of aliphatic hydroxyl groups is 1. The molecule has 2 heterocycles. The molecular weight excluding hydrogens is 256 g/mol. The van der Waals surface area contributed by atoms with Gasteiger partial charge in [0.05, 0.1) is 12.2 Å². The van der Waals surface area contributed by atoms with Gasteiger partial charge in [-0.2, -0.15) is 0 Å². The molecule has 2 bridgehead atoms. The number of aliphatic hydroxyl groups excluding tert-OH is 1. The molecule has 2 aliphatic rings. The first-order valence-electron chi connectivity index (χ1n) is 6.45. The Labute approximate surface area is 115 Å². The summed E-state index contributed by atoms with van der Waals surface area (Å²) in [6, 6.07) is 11.0. The van der Waals surface area contributed by atoms with Crippen molar-refractivity contribution in [2.75, 3.05) is 0 Å². The molecule has 4 heteroatoms. The number of aromatic carboxylic acids is 1. The van der Waals surface area contributed by atoms with Crippen molar-refractivity contribution in [3.05, 3.63) is 69.8 Å². The minimum Gasteiger partial charge on any atom is -0.478 e. The van der Waals surface area contributed by atoms with Crippen molar-refractivity contribution < 1.29 is 19.7 Å². The molecule has 2 aliphatic heterocycles. The van der Waals surface area contributed by atoms with E-state index in [1.807, 2.05) is 24.3 Å². The Morgan fingerprint density at radius 2 is 1.65 bits per heavy atom. The third kappa shape index (κ3) is 1.40. The second kappa shape index (κ2) is 3.91. The quantitative estimate of drug-likeness (QED) is 0.877. The van der Waals surface area contributed by atoms with E-state index in [0.717, 1.165) is 27.8 Å². The zero-order chi connectivity index (χ0) is 13.9. The summed E-state index contributed by atoms with van der Waals surface area (Å²) in [4.78, 5) is 11.1. The fourth-order valence-electron chi connectivity index (χ4n) is 3.13. The van der Waals surface area contributed by atoms with Crippen LogP contribution < -0.4 is 0 Å². The highest BCUT2D eigenvalue weighted by molar-refractivity contribution is 5.88. The van der Waals surface area contributed by atoms with Gasteiger partial charge < -0.3 is 14.9 Å². The van der Waals surface area contributed by atoms with E-state index in [9.17, 15) is 9.90 Å². The third-order valence-corrected chi connectivity index (χ3v) is 4.07. The van der Waals surface area contributed by atoms with Crippen LogP contribution in [0.3, 0.4) is 0 Å². The van der Waals surface area contributed by atoms with E-state index in [1.54, 1.807) is 12.1 Å². The number of carboxylic acids is 1. The van der Waals surface area contributed by atoms with Crippen LogP contribution in [-0.4, -0.2) is 16.2 Å². The molecule has 0 saturated heterocycles. The fraction of sp³-hybridized carbons (Fsp3) is 0.188. The largest absolute Gasteiger partial charge is 0.478 e. The van der Waals surface area contributed by atoms with Crippen molar-refractivity contribution in [1.82, 2.24) is 0 Å². The lowest BCUT2D eigenvalue weighted by atomic mass is 9.84. The maximum atomic E-state index is 11.1. The van der Waals surface area contributed by atoms with Crippen LogP contribution in [0.25, 0.3) is 0 Å². The van der Waals surface area contributed by atoms with Gasteiger partial charge >= 0.3 is 5.97 Å². The maximum absolute atomic E-state index is 11.1. The van der Waals surface area contributed by atoms with Crippen LogP contribution in [0.1, 0.15) is 50.4 Å². The minimum atomic E-state index is -0.931. The van der Waals surface area contributed by atoms with Gasteiger partial charge in [-0.05, 0) is 39.9 Å². The Kier molecular flexibility index (Phi) is 2.28. The lowest BCUT2D eigenvalue weighted by Gasteiger charge is -2.16. The molecule has 4 nitrogen and oxygen atoms in total. The minimum absolute atomic E-state index is 0.00725. The summed E-state index contributed by atoms with van der Waals surface area (Å²) in [5.74, 6) is -0.931. The molecule has 0 radical (unpaired) electrons. The van der Waals surface area contributed by atoms with Crippen LogP contribution in [0.5, 0.6) is 0 Å². The van der Waals surface area contributed by atoms with Crippen molar-refractivity contribution in [2.45, 2.75) is 18.8 Å². The molecule has 20 heavy (non-hydrogen) atoms. The van der Waals surface area contributed by atoms with Crippen molar-refractivity contribution >= 4 is 5.97 Å². The highest BCUT2D eigenvalue weighted by Gasteiger charge is 2.42. The van der Waals surface area contributed by atoms with Gasteiger partial charge in [0.25, 0.3) is 0 Å². The molecule has 2 aromatic rings. The Morgan fingerprint density at radius 1 is 1.00 bits per heavy atom. The Morgan fingerprint density at radius 3 is 2.35 bits per heavy atom. The van der Waals surface area contributed by atoms with Crippen molar-refractivity contribution in [3.8, 4) is 0 Å². The van der Waals surface area contributed by atoms with E-state index < -0.39 is 5.97 Å². The normalized spacial score (nSPS) is 21.6. The second-order valence-electron chi connectivity index (χ2n) is 5.17. The van der Waals surface area contributed by atoms with Gasteiger partial charge in [0.1, 0.15) is 12.2 Å². The summed E-state index contributed by atoms with van der Waals surface area (Å²) in [5, 5.41) is 18.3. The van der Waals surface area contributed by atoms with E-state index in [4.69, 9.17) is 9.84 Å². The predicted molar refractivity (Wildman–Crippen MR) is 70.5 cm³/mol. The Bertz CT molecular complexity index is 735. The third-order valence-electron chi connectivity index (χ3n) is 4.07. The monoisotopic (exact) mass is 268 g/mol. The Hall–Kier alpha value is -2.17. The average Bonchev–Trinajstić information content (AvgIpc) is 3.02. The number of carboxylic acid groups (broad SMARTS) is 1. The first kappa shape index (κ1) is 11.6. The summed E-state index contributed by atoms with van der Waals surface area (Å²) in [6.45, 7) is -0.00725. The summed E-state index contributed by atoms with van der Waals surface area (Å²) in [6.07, 6.45) is -0.323. The smallest absolute Gasteiger partial charge is 0.335 e. The molecule has 4 rings (SSSR count). The zero-order valence-corrected chi connectivity index (χ0v) is 10.5. The topological polar surface area (TPSA) is 66.8 Å². The number of benzene rings is 2. The van der Waals surface area contributed by atoms with E-state index in [1.165, 1.54) is 0 Å². The lowest BCUT2D eigenvalue weighted by Crippen LogP contribution is -2.06. The van der Waals surface area contributed by atoms with Gasteiger partial charge in [-0.15, -0.1) is 0 Å². The molecule has 0 spiro atoms. The van der Waals surface area contributed by atoms with Crippen LogP contribution in [0.4, 0.5) is 0 Å². The number of carbonyl (C=O) groups is 1. The number of ether oxygens (including phenoxy) is 1. The Balaban J connectivity index is 1.87. The first-order valence-corrected chi connectivity index (χ1v) is 6.45. The molecule has 2 atom stereocenters.